The SMILES string of the molecule is CC(C)(C)CC(O)Nc1cncc(-c2cc3c(-c4cc5cnccc5[nH]4)n[nH]c3cn2)c1. The predicted molar refractivity (Wildman–Crippen MR) is 126 cm³/mol. The van der Waals surface area contributed by atoms with Crippen LogP contribution >= 0.6 is 0 Å². The van der Waals surface area contributed by atoms with Crippen molar-refractivity contribution in [3.63, 3.8) is 0 Å². The topological polar surface area (TPSA) is 115 Å². The number of hydrogen-bond acceptors (Lipinski definition) is 6. The number of nitrogens with zero attached hydrogens (tertiary/aromatic N) is 4. The molecule has 0 aromatic carbocycles. The highest BCUT2D eigenvalue weighted by atomic mass is 16.3. The van der Waals surface area contributed by atoms with Gasteiger partial charge in [0.2, 0.25) is 0 Å². The molecule has 32 heavy (non-hydrogen) atoms. The second-order valence-electron chi connectivity index (χ2n) is 9.22. The first-order chi connectivity index (χ1) is 15.4. The van der Waals surface area contributed by atoms with Gasteiger partial charge in [-0.2, -0.15) is 5.10 Å². The number of aliphatic hydroxyl groups is 1. The van der Waals surface area contributed by atoms with E-state index in [0.717, 1.165) is 50.1 Å². The molecule has 5 rings (SSSR count). The number of pyridine rings is 3. The summed E-state index contributed by atoms with van der Waals surface area (Å²) in [6, 6.07) is 7.94. The monoisotopic (exact) mass is 427 g/mol. The van der Waals surface area contributed by atoms with Crippen molar-refractivity contribution >= 4 is 27.5 Å². The first-order valence-corrected chi connectivity index (χ1v) is 10.5. The van der Waals surface area contributed by atoms with Crippen LogP contribution in [0.15, 0.2) is 55.2 Å². The molecule has 5 aromatic heterocycles. The van der Waals surface area contributed by atoms with Crippen molar-refractivity contribution in [2.75, 3.05) is 5.32 Å². The number of rotatable bonds is 5. The molecular formula is C24H25N7O. The summed E-state index contributed by atoms with van der Waals surface area (Å²) >= 11 is 0. The van der Waals surface area contributed by atoms with Crippen LogP contribution in [0.5, 0.6) is 0 Å². The van der Waals surface area contributed by atoms with Gasteiger partial charge in [0.25, 0.3) is 0 Å². The molecule has 162 valence electrons. The Labute approximate surface area is 185 Å². The van der Waals surface area contributed by atoms with Gasteiger partial charge in [-0.1, -0.05) is 20.8 Å². The molecule has 4 N–H and O–H groups in total. The molecule has 0 aliphatic rings. The summed E-state index contributed by atoms with van der Waals surface area (Å²) < 4.78 is 0. The van der Waals surface area contributed by atoms with Crippen LogP contribution in [-0.2, 0) is 0 Å². The molecule has 0 amide bonds. The maximum Gasteiger partial charge on any atom is 0.125 e. The van der Waals surface area contributed by atoms with Crippen LogP contribution in [0.2, 0.25) is 0 Å². The lowest BCUT2D eigenvalue weighted by atomic mass is 9.91. The third-order valence-corrected chi connectivity index (χ3v) is 5.30. The average Bonchev–Trinajstić information content (AvgIpc) is 3.35. The average molecular weight is 428 g/mol. The Bertz CT molecular complexity index is 1360. The van der Waals surface area contributed by atoms with Gasteiger partial charge in [0, 0.05) is 40.4 Å². The van der Waals surface area contributed by atoms with Gasteiger partial charge in [-0.05, 0) is 36.1 Å². The molecular weight excluding hydrogens is 402 g/mol. The molecule has 8 heteroatoms. The summed E-state index contributed by atoms with van der Waals surface area (Å²) in [7, 11) is 0. The van der Waals surface area contributed by atoms with Crippen LogP contribution in [-0.4, -0.2) is 41.5 Å². The number of aromatic nitrogens is 6. The normalized spacial score (nSPS) is 13.0. The summed E-state index contributed by atoms with van der Waals surface area (Å²) in [6.45, 7) is 6.29. The number of nitrogens with one attached hydrogen (secondary N) is 3. The number of fused-ring (bicyclic) bond motifs is 2. The largest absolute Gasteiger partial charge is 0.374 e. The van der Waals surface area contributed by atoms with E-state index >= 15 is 0 Å². The van der Waals surface area contributed by atoms with Gasteiger partial charge in [0.15, 0.2) is 0 Å². The van der Waals surface area contributed by atoms with Crippen molar-refractivity contribution in [1.29, 1.82) is 0 Å². The minimum atomic E-state index is -0.653. The third-order valence-electron chi connectivity index (χ3n) is 5.30. The Morgan fingerprint density at radius 1 is 1.03 bits per heavy atom. The summed E-state index contributed by atoms with van der Waals surface area (Å²) in [4.78, 5) is 16.5. The molecule has 8 nitrogen and oxygen atoms in total. The van der Waals surface area contributed by atoms with E-state index in [1.807, 2.05) is 30.5 Å². The maximum atomic E-state index is 10.4. The molecule has 0 aliphatic heterocycles. The van der Waals surface area contributed by atoms with Gasteiger partial charge in [-0.3, -0.25) is 20.1 Å². The second kappa shape index (κ2) is 7.72. The lowest BCUT2D eigenvalue weighted by Gasteiger charge is -2.23. The molecule has 5 aromatic rings. The van der Waals surface area contributed by atoms with E-state index in [4.69, 9.17) is 0 Å². The van der Waals surface area contributed by atoms with Crippen molar-refractivity contribution in [2.24, 2.45) is 5.41 Å². The summed E-state index contributed by atoms with van der Waals surface area (Å²) in [5.74, 6) is 0. The van der Waals surface area contributed by atoms with E-state index in [-0.39, 0.29) is 5.41 Å². The van der Waals surface area contributed by atoms with Crippen molar-refractivity contribution in [3.05, 3.63) is 55.2 Å². The fraction of sp³-hybridized carbons (Fsp3) is 0.250. The van der Waals surface area contributed by atoms with Crippen molar-refractivity contribution in [2.45, 2.75) is 33.4 Å². The molecule has 1 atom stereocenters. The molecule has 0 saturated heterocycles. The first-order valence-electron chi connectivity index (χ1n) is 10.5. The summed E-state index contributed by atoms with van der Waals surface area (Å²) in [5, 5.41) is 23.0. The molecule has 0 fully saturated rings. The van der Waals surface area contributed by atoms with Gasteiger partial charge >= 0.3 is 0 Å². The number of anilines is 1. The third kappa shape index (κ3) is 4.04. The quantitative estimate of drug-likeness (QED) is 0.301. The number of H-pyrrole nitrogens is 2. The standard InChI is InChI=1S/C24H25N7O/c1-24(2,3)9-22(32)28-16-6-14(11-26-12-16)19-8-17-21(13-27-19)30-31-23(17)20-7-15-10-25-5-4-18(15)29-20/h4-8,10-13,22,28-29,32H,9H2,1-3H3,(H,30,31). The Morgan fingerprint density at radius 3 is 2.72 bits per heavy atom. The molecule has 0 radical (unpaired) electrons. The van der Waals surface area contributed by atoms with Gasteiger partial charge < -0.3 is 15.4 Å². The Kier molecular flexibility index (Phi) is 4.86. The Hall–Kier alpha value is -3.78. The van der Waals surface area contributed by atoms with Crippen LogP contribution in [0.4, 0.5) is 5.69 Å². The first kappa shape index (κ1) is 20.1. The second-order valence-corrected chi connectivity index (χ2v) is 9.22. The van der Waals surface area contributed by atoms with Crippen LogP contribution in [0.1, 0.15) is 27.2 Å². The predicted octanol–water partition coefficient (Wildman–Crippen LogP) is 4.73. The highest BCUT2D eigenvalue weighted by molar-refractivity contribution is 5.96. The van der Waals surface area contributed by atoms with Gasteiger partial charge in [-0.15, -0.1) is 0 Å². The van der Waals surface area contributed by atoms with E-state index in [9.17, 15) is 5.11 Å². The number of aromatic amines is 2. The molecule has 0 saturated carbocycles. The molecule has 0 aliphatic carbocycles. The smallest absolute Gasteiger partial charge is 0.125 e. The summed E-state index contributed by atoms with van der Waals surface area (Å²) in [5.41, 5.74) is 5.99. The van der Waals surface area contributed by atoms with Crippen molar-refractivity contribution in [1.82, 2.24) is 30.1 Å². The Morgan fingerprint density at radius 2 is 1.91 bits per heavy atom. The van der Waals surface area contributed by atoms with Crippen molar-refractivity contribution < 1.29 is 5.11 Å². The van der Waals surface area contributed by atoms with Crippen LogP contribution in [0.25, 0.3) is 44.5 Å². The van der Waals surface area contributed by atoms with E-state index in [1.165, 1.54) is 0 Å². The lowest BCUT2D eigenvalue weighted by Crippen LogP contribution is -2.25. The molecule has 1 unspecified atom stereocenters. The minimum absolute atomic E-state index is 0.0143. The summed E-state index contributed by atoms with van der Waals surface area (Å²) in [6.07, 6.45) is 8.81. The lowest BCUT2D eigenvalue weighted by molar-refractivity contribution is 0.145. The maximum absolute atomic E-state index is 10.4. The molecule has 0 spiro atoms. The zero-order chi connectivity index (χ0) is 22.3. The Balaban J connectivity index is 1.48. The van der Waals surface area contributed by atoms with Gasteiger partial charge in [0.05, 0.1) is 35.0 Å². The van der Waals surface area contributed by atoms with Crippen molar-refractivity contribution in [3.8, 4) is 22.6 Å². The highest BCUT2D eigenvalue weighted by Gasteiger charge is 2.17. The van der Waals surface area contributed by atoms with E-state index in [2.05, 4.69) is 56.2 Å². The minimum Gasteiger partial charge on any atom is -0.374 e. The zero-order valence-corrected chi connectivity index (χ0v) is 18.2. The molecule has 0 bridgehead atoms. The fourth-order valence-electron chi connectivity index (χ4n) is 3.86. The van der Waals surface area contributed by atoms with E-state index < -0.39 is 6.23 Å². The fourth-order valence-corrected chi connectivity index (χ4v) is 3.86. The number of hydrogen-bond donors (Lipinski definition) is 4. The highest BCUT2D eigenvalue weighted by Crippen LogP contribution is 2.31. The van der Waals surface area contributed by atoms with Crippen LogP contribution < -0.4 is 5.32 Å². The number of aliphatic hydroxyl groups excluding tert-OH is 1. The van der Waals surface area contributed by atoms with E-state index in [1.54, 1.807) is 24.8 Å². The van der Waals surface area contributed by atoms with Crippen LogP contribution in [0, 0.1) is 5.41 Å². The van der Waals surface area contributed by atoms with E-state index in [0.29, 0.717) is 6.42 Å². The van der Waals surface area contributed by atoms with Crippen LogP contribution in [0.3, 0.4) is 0 Å². The molecule has 5 heterocycles. The van der Waals surface area contributed by atoms with Gasteiger partial charge in [-0.25, -0.2) is 0 Å². The van der Waals surface area contributed by atoms with Gasteiger partial charge in [0.1, 0.15) is 11.9 Å². The zero-order valence-electron chi connectivity index (χ0n) is 18.2.